The van der Waals surface area contributed by atoms with Crippen LogP contribution in [0.5, 0.6) is 0 Å². The lowest BCUT2D eigenvalue weighted by Gasteiger charge is -2.29. The summed E-state index contributed by atoms with van der Waals surface area (Å²) in [4.78, 5) is 41.0. The highest BCUT2D eigenvalue weighted by molar-refractivity contribution is 6.35. The molecule has 0 saturated carbocycles. The van der Waals surface area contributed by atoms with E-state index in [2.05, 4.69) is 68.6 Å². The highest BCUT2D eigenvalue weighted by atomic mass is 16.5. The van der Waals surface area contributed by atoms with Crippen molar-refractivity contribution in [3.8, 4) is 0 Å². The number of hydrogen-bond acceptors (Lipinski definition) is 14. The Labute approximate surface area is 434 Å². The highest BCUT2D eigenvalue weighted by Crippen LogP contribution is 2.42. The molecule has 14 heteroatoms. The van der Waals surface area contributed by atoms with Gasteiger partial charge in [0.15, 0.2) is 11.6 Å². The maximum atomic E-state index is 15.6. The molecule has 0 bridgehead atoms. The van der Waals surface area contributed by atoms with E-state index in [1.54, 1.807) is 0 Å². The Kier molecular flexibility index (Phi) is 24.2. The van der Waals surface area contributed by atoms with Gasteiger partial charge in [0.25, 0.3) is 0 Å². The van der Waals surface area contributed by atoms with Crippen LogP contribution >= 0.6 is 0 Å². The molecule has 5 aliphatic rings. The van der Waals surface area contributed by atoms with Crippen LogP contribution in [0.3, 0.4) is 0 Å². The van der Waals surface area contributed by atoms with Gasteiger partial charge in [-0.05, 0) is 75.6 Å². The van der Waals surface area contributed by atoms with Crippen molar-refractivity contribution in [3.63, 3.8) is 0 Å². The molecule has 4 unspecified atom stereocenters. The first-order chi connectivity index (χ1) is 35.4. The summed E-state index contributed by atoms with van der Waals surface area (Å²) in [5.41, 5.74) is 4.58. The third-order valence-corrected chi connectivity index (χ3v) is 15.8. The maximum Gasteiger partial charge on any atom is 0.198 e. The summed E-state index contributed by atoms with van der Waals surface area (Å²) in [6.45, 7) is 21.2. The maximum absolute atomic E-state index is 15.6. The first kappa shape index (κ1) is 56.4. The number of carbonyl (C=O) groups excluding carboxylic acids is 2. The fourth-order valence-electron chi connectivity index (χ4n) is 11.6. The van der Waals surface area contributed by atoms with Crippen LogP contribution in [0.2, 0.25) is 0 Å². The van der Waals surface area contributed by atoms with E-state index in [4.69, 9.17) is 18.9 Å². The Morgan fingerprint density at radius 3 is 0.833 bits per heavy atom. The van der Waals surface area contributed by atoms with E-state index < -0.39 is 0 Å². The number of ketones is 2. The molecule has 4 saturated heterocycles. The van der Waals surface area contributed by atoms with Crippen molar-refractivity contribution in [2.24, 2.45) is 0 Å². The molecule has 4 aliphatic heterocycles. The summed E-state index contributed by atoms with van der Waals surface area (Å²) in [5.74, 6) is -0.262. The topological polar surface area (TPSA) is 132 Å². The highest BCUT2D eigenvalue weighted by Gasteiger charge is 2.39. The zero-order chi connectivity index (χ0) is 50.3. The lowest BCUT2D eigenvalue weighted by Crippen LogP contribution is -2.36. The number of nitrogens with one attached hydrogen (secondary N) is 4. The van der Waals surface area contributed by atoms with Crippen molar-refractivity contribution in [3.05, 3.63) is 46.5 Å². The number of nitrogens with zero attached hydrogens (tertiary/aromatic N) is 4. The van der Waals surface area contributed by atoms with Crippen LogP contribution in [0.1, 0.15) is 188 Å². The van der Waals surface area contributed by atoms with Crippen molar-refractivity contribution in [1.29, 1.82) is 0 Å². The van der Waals surface area contributed by atoms with E-state index >= 15 is 9.59 Å². The lowest BCUT2D eigenvalue weighted by atomic mass is 9.80. The van der Waals surface area contributed by atoms with Gasteiger partial charge in [-0.2, -0.15) is 0 Å². The first-order valence-corrected chi connectivity index (χ1v) is 29.3. The zero-order valence-electron chi connectivity index (χ0n) is 45.3. The summed E-state index contributed by atoms with van der Waals surface area (Å²) in [6, 6.07) is 8.04. The second-order valence-electron chi connectivity index (χ2n) is 21.0. The Bertz CT molecular complexity index is 1670. The molecule has 2 aromatic carbocycles. The normalized spacial score (nSPS) is 21.8. The molecule has 0 amide bonds. The Morgan fingerprint density at radius 2 is 0.611 bits per heavy atom. The third-order valence-electron chi connectivity index (χ3n) is 15.8. The molecule has 4 heterocycles. The SMILES string of the molecule is CCCCCCC1OCCN1CCNc1ccc(NCCN2CCOC2CCCCCC)c2c1C(=O)c1c(NCCN3CCOC3CCCCCC)ccc(NCCN3CCOC3CCCCCC)c1C2=O. The summed E-state index contributed by atoms with van der Waals surface area (Å²) >= 11 is 0. The molecule has 1 aliphatic carbocycles. The molecule has 4 atom stereocenters. The summed E-state index contributed by atoms with van der Waals surface area (Å²) in [6.07, 6.45) is 24.0. The van der Waals surface area contributed by atoms with Gasteiger partial charge < -0.3 is 40.2 Å². The second-order valence-corrected chi connectivity index (χ2v) is 21.0. The van der Waals surface area contributed by atoms with Crippen LogP contribution in [-0.4, -0.2) is 161 Å². The zero-order valence-corrected chi connectivity index (χ0v) is 45.3. The van der Waals surface area contributed by atoms with Gasteiger partial charge >= 0.3 is 0 Å². The van der Waals surface area contributed by atoms with Gasteiger partial charge in [0.05, 0.1) is 48.7 Å². The van der Waals surface area contributed by atoms with Crippen molar-refractivity contribution >= 4 is 34.3 Å². The largest absolute Gasteiger partial charge is 0.383 e. The Morgan fingerprint density at radius 1 is 0.375 bits per heavy atom. The average molecular weight is 1000 g/mol. The number of benzene rings is 2. The molecular weight excluding hydrogens is 905 g/mol. The van der Waals surface area contributed by atoms with Gasteiger partial charge in [-0.1, -0.05) is 105 Å². The number of fused-ring (bicyclic) bond motifs is 2. The van der Waals surface area contributed by atoms with Crippen molar-refractivity contribution in [2.75, 3.05) is 126 Å². The van der Waals surface area contributed by atoms with Crippen molar-refractivity contribution in [1.82, 2.24) is 19.6 Å². The van der Waals surface area contributed by atoms with E-state index in [-0.39, 0.29) is 36.5 Å². The Hall–Kier alpha value is -3.34. The van der Waals surface area contributed by atoms with Crippen LogP contribution in [0.4, 0.5) is 22.7 Å². The van der Waals surface area contributed by atoms with Crippen LogP contribution < -0.4 is 21.3 Å². The third kappa shape index (κ3) is 15.8. The minimum atomic E-state index is -0.131. The molecule has 14 nitrogen and oxygen atoms in total. The molecule has 7 rings (SSSR count). The van der Waals surface area contributed by atoms with E-state index in [1.807, 2.05) is 24.3 Å². The number of hydrogen-bond donors (Lipinski definition) is 4. The number of ether oxygens (including phenoxy) is 4. The van der Waals surface area contributed by atoms with Gasteiger partial charge in [0, 0.05) is 101 Å². The Balaban J connectivity index is 1.13. The molecule has 404 valence electrons. The molecule has 0 spiro atoms. The minimum Gasteiger partial charge on any atom is -0.383 e. The van der Waals surface area contributed by atoms with E-state index in [1.165, 1.54) is 77.0 Å². The van der Waals surface area contributed by atoms with E-state index in [0.717, 1.165) is 130 Å². The number of rotatable bonds is 36. The van der Waals surface area contributed by atoms with Crippen molar-refractivity contribution < 1.29 is 28.5 Å². The molecule has 4 fully saturated rings. The van der Waals surface area contributed by atoms with Crippen LogP contribution in [0, 0.1) is 0 Å². The van der Waals surface area contributed by atoms with Crippen LogP contribution in [0.15, 0.2) is 24.3 Å². The number of anilines is 4. The van der Waals surface area contributed by atoms with Crippen molar-refractivity contribution in [2.45, 2.75) is 181 Å². The van der Waals surface area contributed by atoms with Gasteiger partial charge in [0.2, 0.25) is 0 Å². The molecule has 0 radical (unpaired) electrons. The molecule has 72 heavy (non-hydrogen) atoms. The van der Waals surface area contributed by atoms with Gasteiger partial charge in [-0.15, -0.1) is 0 Å². The van der Waals surface area contributed by atoms with E-state index in [9.17, 15) is 0 Å². The fourth-order valence-corrected chi connectivity index (χ4v) is 11.6. The smallest absolute Gasteiger partial charge is 0.198 e. The minimum absolute atomic E-state index is 0.119. The van der Waals surface area contributed by atoms with Gasteiger partial charge in [0.1, 0.15) is 24.9 Å². The predicted molar refractivity (Wildman–Crippen MR) is 294 cm³/mol. The predicted octanol–water partition coefficient (Wildman–Crippen LogP) is 10.6. The lowest BCUT2D eigenvalue weighted by molar-refractivity contribution is 0.0270. The summed E-state index contributed by atoms with van der Waals surface area (Å²) in [5, 5.41) is 14.7. The number of carbonyl (C=O) groups is 2. The van der Waals surface area contributed by atoms with E-state index in [0.29, 0.717) is 71.2 Å². The summed E-state index contributed by atoms with van der Waals surface area (Å²) < 4.78 is 24.8. The molecular formula is C58H96N8O6. The molecule has 2 aromatic rings. The standard InChI is InChI=1S/C58H96N8O6/c1-5-9-13-17-21-49-63(37-41-69-49)33-29-59-45-25-26-46(60-30-34-64-38-42-70-50(64)22-18-14-10-6-2)54-53(45)57(67)55-47(61-31-35-65-39-43-71-51(65)23-19-15-11-7-3)27-28-48(56(55)58(54)68)62-32-36-66-40-44-72-52(66)24-20-16-12-8-4/h25-28,49-52,59-62H,5-24,29-44H2,1-4H3. The fraction of sp³-hybridized carbons (Fsp3) is 0.759. The summed E-state index contributed by atoms with van der Waals surface area (Å²) in [7, 11) is 0. The number of unbranched alkanes of at least 4 members (excludes halogenated alkanes) is 12. The second kappa shape index (κ2) is 30.9. The average Bonchev–Trinajstić information content (AvgIpc) is 4.24. The quantitative estimate of drug-likeness (QED) is 0.0412. The van der Waals surface area contributed by atoms with Crippen LogP contribution in [-0.2, 0) is 18.9 Å². The van der Waals surface area contributed by atoms with Crippen LogP contribution in [0.25, 0.3) is 0 Å². The van der Waals surface area contributed by atoms with Gasteiger partial charge in [-0.25, -0.2) is 0 Å². The molecule has 4 N–H and O–H groups in total. The molecule has 0 aromatic heterocycles. The first-order valence-electron chi connectivity index (χ1n) is 29.3. The monoisotopic (exact) mass is 1000 g/mol. The van der Waals surface area contributed by atoms with Gasteiger partial charge in [-0.3, -0.25) is 29.2 Å².